The molecule has 1 atom stereocenters. The van der Waals surface area contributed by atoms with Gasteiger partial charge in [0.25, 0.3) is 11.8 Å². The lowest BCUT2D eigenvalue weighted by atomic mass is 10.0. The van der Waals surface area contributed by atoms with Gasteiger partial charge in [0.15, 0.2) is 11.5 Å². The molecule has 0 radical (unpaired) electrons. The number of amides is 2. The van der Waals surface area contributed by atoms with Crippen LogP contribution in [-0.2, 0) is 17.8 Å². The van der Waals surface area contributed by atoms with Gasteiger partial charge in [-0.05, 0) is 67.6 Å². The first-order valence-corrected chi connectivity index (χ1v) is 14.1. The molecular formula is C32H35Cl2N3O4. The molecule has 0 saturated carbocycles. The molecule has 0 spiro atoms. The Kier molecular flexibility index (Phi) is 11.8. The Balaban J connectivity index is 1.75. The van der Waals surface area contributed by atoms with E-state index in [-0.39, 0.29) is 10.9 Å². The minimum absolute atomic E-state index is 0.203. The van der Waals surface area contributed by atoms with E-state index in [1.807, 2.05) is 64.1 Å². The number of carbonyl (C=O) groups excluding carboxylic acids is 2. The van der Waals surface area contributed by atoms with Crippen LogP contribution in [0.1, 0.15) is 53.4 Å². The van der Waals surface area contributed by atoms with Crippen LogP contribution in [0.4, 0.5) is 0 Å². The molecule has 2 amide bonds. The van der Waals surface area contributed by atoms with Crippen molar-refractivity contribution in [1.82, 2.24) is 10.7 Å². The van der Waals surface area contributed by atoms with Crippen molar-refractivity contribution in [3.63, 3.8) is 0 Å². The molecule has 2 N–H and O–H groups in total. The minimum atomic E-state index is -0.832. The van der Waals surface area contributed by atoms with Crippen LogP contribution < -0.4 is 20.2 Å². The largest absolute Gasteiger partial charge is 0.490 e. The van der Waals surface area contributed by atoms with Crippen molar-refractivity contribution in [3.8, 4) is 11.5 Å². The predicted molar refractivity (Wildman–Crippen MR) is 165 cm³/mol. The van der Waals surface area contributed by atoms with Gasteiger partial charge in [-0.15, -0.1) is 6.58 Å². The van der Waals surface area contributed by atoms with Gasteiger partial charge < -0.3 is 14.8 Å². The average molecular weight is 597 g/mol. The fourth-order valence-electron chi connectivity index (χ4n) is 3.97. The molecule has 7 nitrogen and oxygen atoms in total. The van der Waals surface area contributed by atoms with Gasteiger partial charge in [-0.1, -0.05) is 73.0 Å². The molecule has 3 aromatic rings. The van der Waals surface area contributed by atoms with Crippen molar-refractivity contribution in [3.05, 3.63) is 105 Å². The van der Waals surface area contributed by atoms with Gasteiger partial charge in [0.05, 0.1) is 22.9 Å². The van der Waals surface area contributed by atoms with Crippen LogP contribution >= 0.6 is 23.2 Å². The summed E-state index contributed by atoms with van der Waals surface area (Å²) in [6.07, 6.45) is 3.86. The summed E-state index contributed by atoms with van der Waals surface area (Å²) in [7, 11) is 0. The zero-order valence-corrected chi connectivity index (χ0v) is 25.2. The molecule has 3 rings (SSSR count). The number of halogens is 2. The van der Waals surface area contributed by atoms with Crippen LogP contribution in [0.2, 0.25) is 10.0 Å². The van der Waals surface area contributed by atoms with Gasteiger partial charge in [0, 0.05) is 11.1 Å². The van der Waals surface area contributed by atoms with Crippen LogP contribution in [0.25, 0.3) is 0 Å². The molecule has 41 heavy (non-hydrogen) atoms. The second kappa shape index (κ2) is 15.3. The molecule has 216 valence electrons. The molecule has 0 bridgehead atoms. The quantitative estimate of drug-likeness (QED) is 0.128. The summed E-state index contributed by atoms with van der Waals surface area (Å²) in [5.74, 6) is 0.0989. The number of hydrogen-bond donors (Lipinski definition) is 2. The highest BCUT2D eigenvalue weighted by atomic mass is 35.5. The normalized spacial score (nSPS) is 11.8. The minimum Gasteiger partial charge on any atom is -0.490 e. The van der Waals surface area contributed by atoms with E-state index in [9.17, 15) is 9.59 Å². The molecule has 0 aromatic heterocycles. The fourth-order valence-corrected chi connectivity index (χ4v) is 4.27. The van der Waals surface area contributed by atoms with Gasteiger partial charge in [0.2, 0.25) is 0 Å². The Morgan fingerprint density at radius 3 is 2.39 bits per heavy atom. The molecule has 0 aliphatic heterocycles. The second-order valence-electron chi connectivity index (χ2n) is 9.77. The zero-order chi connectivity index (χ0) is 29.9. The van der Waals surface area contributed by atoms with Gasteiger partial charge in [0.1, 0.15) is 12.6 Å². The maximum Gasteiger partial charge on any atom is 0.262 e. The number of nitrogens with zero attached hydrogens (tertiary/aromatic N) is 1. The summed E-state index contributed by atoms with van der Waals surface area (Å²) in [6.45, 7) is 12.3. The standard InChI is InChI=1S/C32H35Cl2N3O4/c1-6-8-24-15-23(16-28(40-7-2)30(24)41-19-22-11-9-21(5)10-12-22)18-35-37-32(39)29(20(3)4)36-31(38)25-13-14-26(33)27(34)17-25/h6,9-18,20,29H,1,7-8,19H2,2-5H3,(H,36,38)(H,37,39)/b35-18-. The van der Waals surface area contributed by atoms with E-state index in [0.29, 0.717) is 47.3 Å². The van der Waals surface area contributed by atoms with Crippen molar-refractivity contribution < 1.29 is 19.1 Å². The summed E-state index contributed by atoms with van der Waals surface area (Å²) in [5.41, 5.74) is 6.63. The Hall–Kier alpha value is -3.81. The molecule has 1 unspecified atom stereocenters. The Labute approximate surface area is 251 Å². The van der Waals surface area contributed by atoms with Crippen molar-refractivity contribution in [1.29, 1.82) is 0 Å². The molecular weight excluding hydrogens is 561 g/mol. The first kappa shape index (κ1) is 31.7. The highest BCUT2D eigenvalue weighted by Crippen LogP contribution is 2.34. The molecule has 0 heterocycles. The summed E-state index contributed by atoms with van der Waals surface area (Å²) >= 11 is 12.0. The Bertz CT molecular complexity index is 1400. The van der Waals surface area contributed by atoms with Crippen LogP contribution in [0.5, 0.6) is 11.5 Å². The van der Waals surface area contributed by atoms with Gasteiger partial charge in [-0.3, -0.25) is 9.59 Å². The average Bonchev–Trinajstić information content (AvgIpc) is 2.93. The van der Waals surface area contributed by atoms with E-state index in [1.165, 1.54) is 23.9 Å². The number of nitrogens with one attached hydrogen (secondary N) is 2. The number of benzene rings is 3. The van der Waals surface area contributed by atoms with E-state index < -0.39 is 17.9 Å². The first-order chi connectivity index (χ1) is 19.6. The summed E-state index contributed by atoms with van der Waals surface area (Å²) in [4.78, 5) is 25.7. The third-order valence-corrected chi connectivity index (χ3v) is 6.87. The lowest BCUT2D eigenvalue weighted by Gasteiger charge is -2.20. The van der Waals surface area contributed by atoms with Crippen molar-refractivity contribution in [2.75, 3.05) is 6.61 Å². The SMILES string of the molecule is C=CCc1cc(/C=N\NC(=O)C(NC(=O)c2ccc(Cl)c(Cl)c2)C(C)C)cc(OCC)c1OCc1ccc(C)cc1. The number of carbonyl (C=O) groups is 2. The third kappa shape index (κ3) is 9.10. The van der Waals surface area contributed by atoms with E-state index in [2.05, 4.69) is 22.4 Å². The number of ether oxygens (including phenoxy) is 2. The fraction of sp³-hybridized carbons (Fsp3) is 0.281. The van der Waals surface area contributed by atoms with E-state index >= 15 is 0 Å². The third-order valence-electron chi connectivity index (χ3n) is 6.13. The van der Waals surface area contributed by atoms with Gasteiger partial charge >= 0.3 is 0 Å². The van der Waals surface area contributed by atoms with Crippen LogP contribution in [0.3, 0.4) is 0 Å². The maximum atomic E-state index is 13.0. The number of aryl methyl sites for hydroxylation is 1. The summed E-state index contributed by atoms with van der Waals surface area (Å²) < 4.78 is 12.1. The van der Waals surface area contributed by atoms with Gasteiger partial charge in [-0.25, -0.2) is 5.43 Å². The van der Waals surface area contributed by atoms with E-state index in [0.717, 1.165) is 11.1 Å². The first-order valence-electron chi connectivity index (χ1n) is 13.3. The predicted octanol–water partition coefficient (Wildman–Crippen LogP) is 6.91. The monoisotopic (exact) mass is 595 g/mol. The summed E-state index contributed by atoms with van der Waals surface area (Å²) in [6, 6.07) is 15.6. The van der Waals surface area contributed by atoms with Crippen LogP contribution in [0.15, 0.2) is 72.4 Å². The van der Waals surface area contributed by atoms with Crippen molar-refractivity contribution in [2.45, 2.75) is 46.8 Å². The number of rotatable bonds is 13. The molecule has 0 aliphatic rings. The Morgan fingerprint density at radius 2 is 1.76 bits per heavy atom. The number of hydrogen-bond acceptors (Lipinski definition) is 5. The lowest BCUT2D eigenvalue weighted by molar-refractivity contribution is -0.123. The van der Waals surface area contributed by atoms with Crippen LogP contribution in [-0.4, -0.2) is 30.7 Å². The highest BCUT2D eigenvalue weighted by Gasteiger charge is 2.25. The maximum absolute atomic E-state index is 13.0. The number of allylic oxidation sites excluding steroid dienone is 1. The molecule has 0 saturated heterocycles. The van der Waals surface area contributed by atoms with Crippen LogP contribution in [0, 0.1) is 12.8 Å². The number of hydrazone groups is 1. The highest BCUT2D eigenvalue weighted by molar-refractivity contribution is 6.42. The van der Waals surface area contributed by atoms with Gasteiger partial charge in [-0.2, -0.15) is 5.10 Å². The van der Waals surface area contributed by atoms with E-state index in [1.54, 1.807) is 12.1 Å². The zero-order valence-electron chi connectivity index (χ0n) is 23.7. The van der Waals surface area contributed by atoms with Crippen molar-refractivity contribution in [2.24, 2.45) is 11.0 Å². The van der Waals surface area contributed by atoms with E-state index in [4.69, 9.17) is 32.7 Å². The molecule has 0 fully saturated rings. The molecule has 9 heteroatoms. The lowest BCUT2D eigenvalue weighted by Crippen LogP contribution is -2.48. The molecule has 0 aliphatic carbocycles. The topological polar surface area (TPSA) is 89.0 Å². The Morgan fingerprint density at radius 1 is 1.02 bits per heavy atom. The van der Waals surface area contributed by atoms with Crippen molar-refractivity contribution >= 4 is 41.2 Å². The molecule has 3 aromatic carbocycles. The second-order valence-corrected chi connectivity index (χ2v) is 10.6. The summed E-state index contributed by atoms with van der Waals surface area (Å²) in [5, 5.41) is 7.48. The smallest absolute Gasteiger partial charge is 0.262 e.